The molecule has 0 spiro atoms. The van der Waals surface area contributed by atoms with Gasteiger partial charge in [-0.3, -0.25) is 9.69 Å². The van der Waals surface area contributed by atoms with E-state index >= 15 is 0 Å². The van der Waals surface area contributed by atoms with Crippen molar-refractivity contribution in [2.75, 3.05) is 13.1 Å². The zero-order valence-corrected chi connectivity index (χ0v) is 12.8. The van der Waals surface area contributed by atoms with Gasteiger partial charge in [-0.05, 0) is 37.5 Å². The van der Waals surface area contributed by atoms with Crippen molar-refractivity contribution in [1.29, 1.82) is 0 Å². The first-order valence-electron chi connectivity index (χ1n) is 7.73. The number of fused-ring (bicyclic) bond motifs is 1. The van der Waals surface area contributed by atoms with Gasteiger partial charge in [0.1, 0.15) is 5.75 Å². The van der Waals surface area contributed by atoms with E-state index in [1.807, 2.05) is 16.7 Å². The van der Waals surface area contributed by atoms with Crippen LogP contribution < -0.4 is 4.74 Å². The molecular weight excluding hydrogens is 309 g/mol. The normalized spacial score (nSPS) is 25.6. The molecule has 2 saturated heterocycles. The van der Waals surface area contributed by atoms with Gasteiger partial charge in [-0.15, -0.1) is 13.2 Å². The van der Waals surface area contributed by atoms with Crippen LogP contribution in [0.5, 0.6) is 5.75 Å². The van der Waals surface area contributed by atoms with Crippen molar-refractivity contribution >= 4 is 5.91 Å². The maximum Gasteiger partial charge on any atom is 0.573 e. The lowest BCUT2D eigenvalue weighted by molar-refractivity contribution is -0.274. The number of nitrogens with zero attached hydrogens (tertiary/aromatic N) is 2. The number of halogens is 3. The lowest BCUT2D eigenvalue weighted by atomic mass is 10.1. The van der Waals surface area contributed by atoms with Crippen LogP contribution in [0, 0.1) is 0 Å². The Bertz CT molecular complexity index is 591. The SMILES string of the molecule is C[C@@H]1C(=O)N2CCC[C@@H]2CN1Cc1cccc(OC(F)(F)F)c1. The molecule has 23 heavy (non-hydrogen) atoms. The predicted molar refractivity (Wildman–Crippen MR) is 77.7 cm³/mol. The molecule has 7 heteroatoms. The van der Waals surface area contributed by atoms with Crippen LogP contribution in [-0.4, -0.2) is 47.2 Å². The van der Waals surface area contributed by atoms with E-state index in [9.17, 15) is 18.0 Å². The summed E-state index contributed by atoms with van der Waals surface area (Å²) in [6.07, 6.45) is -2.69. The Balaban J connectivity index is 1.71. The number of benzene rings is 1. The third-order valence-corrected chi connectivity index (χ3v) is 4.53. The smallest absolute Gasteiger partial charge is 0.406 e. The van der Waals surface area contributed by atoms with Crippen LogP contribution in [0.4, 0.5) is 13.2 Å². The van der Waals surface area contributed by atoms with E-state index < -0.39 is 6.36 Å². The number of rotatable bonds is 3. The second-order valence-electron chi connectivity index (χ2n) is 6.13. The molecule has 2 atom stereocenters. The summed E-state index contributed by atoms with van der Waals surface area (Å²) in [6, 6.07) is 5.92. The molecule has 2 heterocycles. The van der Waals surface area contributed by atoms with Crippen LogP contribution in [-0.2, 0) is 11.3 Å². The molecule has 4 nitrogen and oxygen atoms in total. The first-order valence-corrected chi connectivity index (χ1v) is 7.73. The second-order valence-corrected chi connectivity index (χ2v) is 6.13. The van der Waals surface area contributed by atoms with E-state index in [2.05, 4.69) is 4.74 Å². The minimum absolute atomic E-state index is 0.112. The number of carbonyl (C=O) groups excluding carboxylic acids is 1. The fraction of sp³-hybridized carbons (Fsp3) is 0.562. The number of piperazine rings is 1. The largest absolute Gasteiger partial charge is 0.573 e. The molecule has 3 rings (SSSR count). The van der Waals surface area contributed by atoms with E-state index in [1.165, 1.54) is 18.2 Å². The molecule has 0 bridgehead atoms. The first kappa shape index (κ1) is 16.1. The number of ether oxygens (including phenoxy) is 1. The van der Waals surface area contributed by atoms with Crippen molar-refractivity contribution in [2.45, 2.75) is 44.8 Å². The Morgan fingerprint density at radius 3 is 2.87 bits per heavy atom. The van der Waals surface area contributed by atoms with Crippen LogP contribution in [0.2, 0.25) is 0 Å². The highest BCUT2D eigenvalue weighted by Crippen LogP contribution is 2.28. The van der Waals surface area contributed by atoms with E-state index in [0.717, 1.165) is 25.9 Å². The molecule has 0 aliphatic carbocycles. The van der Waals surface area contributed by atoms with E-state index in [0.29, 0.717) is 12.1 Å². The number of hydrogen-bond acceptors (Lipinski definition) is 3. The number of alkyl halides is 3. The highest BCUT2D eigenvalue weighted by molar-refractivity contribution is 5.83. The minimum Gasteiger partial charge on any atom is -0.406 e. The predicted octanol–water partition coefficient (Wildman–Crippen LogP) is 2.78. The molecule has 1 aromatic rings. The van der Waals surface area contributed by atoms with Gasteiger partial charge >= 0.3 is 6.36 Å². The third-order valence-electron chi connectivity index (χ3n) is 4.53. The highest BCUT2D eigenvalue weighted by Gasteiger charge is 2.40. The zero-order chi connectivity index (χ0) is 16.6. The van der Waals surface area contributed by atoms with Gasteiger partial charge in [0.15, 0.2) is 0 Å². The van der Waals surface area contributed by atoms with E-state index in [4.69, 9.17) is 0 Å². The summed E-state index contributed by atoms with van der Waals surface area (Å²) in [5, 5.41) is 0. The van der Waals surface area contributed by atoms with Gasteiger partial charge in [-0.1, -0.05) is 12.1 Å². The van der Waals surface area contributed by atoms with Crippen molar-refractivity contribution in [3.05, 3.63) is 29.8 Å². The summed E-state index contributed by atoms with van der Waals surface area (Å²) in [7, 11) is 0. The summed E-state index contributed by atoms with van der Waals surface area (Å²) < 4.78 is 40.9. The van der Waals surface area contributed by atoms with Crippen molar-refractivity contribution in [3.8, 4) is 5.75 Å². The molecule has 0 unspecified atom stereocenters. The summed E-state index contributed by atoms with van der Waals surface area (Å²) >= 11 is 0. The molecule has 0 radical (unpaired) electrons. The van der Waals surface area contributed by atoms with Gasteiger partial charge in [-0.2, -0.15) is 0 Å². The van der Waals surface area contributed by atoms with Crippen LogP contribution >= 0.6 is 0 Å². The summed E-state index contributed by atoms with van der Waals surface area (Å²) in [4.78, 5) is 16.3. The van der Waals surface area contributed by atoms with Crippen molar-refractivity contribution in [1.82, 2.24) is 9.80 Å². The monoisotopic (exact) mass is 328 g/mol. The van der Waals surface area contributed by atoms with Crippen LogP contribution in [0.3, 0.4) is 0 Å². The standard InChI is InChI=1S/C16H19F3N2O2/c1-11-15(22)21-7-3-5-13(21)10-20(11)9-12-4-2-6-14(8-12)23-16(17,18)19/h2,4,6,8,11,13H,3,5,7,9-10H2,1H3/t11-,13-/m1/s1. The Labute approximate surface area is 132 Å². The third kappa shape index (κ3) is 3.60. The minimum atomic E-state index is -4.70. The second kappa shape index (κ2) is 6.03. The van der Waals surface area contributed by atoms with E-state index in [-0.39, 0.29) is 23.7 Å². The molecular formula is C16H19F3N2O2. The number of carbonyl (C=O) groups is 1. The van der Waals surface area contributed by atoms with Gasteiger partial charge in [0, 0.05) is 25.7 Å². The Kier molecular flexibility index (Phi) is 4.23. The Morgan fingerprint density at radius 1 is 1.35 bits per heavy atom. The van der Waals surface area contributed by atoms with Gasteiger partial charge < -0.3 is 9.64 Å². The highest BCUT2D eigenvalue weighted by atomic mass is 19.4. The topological polar surface area (TPSA) is 32.8 Å². The maximum atomic E-state index is 12.4. The summed E-state index contributed by atoms with van der Waals surface area (Å²) in [6.45, 7) is 3.87. The average Bonchev–Trinajstić information content (AvgIpc) is 2.91. The first-order chi connectivity index (χ1) is 10.8. The van der Waals surface area contributed by atoms with Gasteiger partial charge in [0.25, 0.3) is 0 Å². The quantitative estimate of drug-likeness (QED) is 0.855. The lowest BCUT2D eigenvalue weighted by Crippen LogP contribution is -2.58. The van der Waals surface area contributed by atoms with Gasteiger partial charge in [0.2, 0.25) is 5.91 Å². The Morgan fingerprint density at radius 2 is 2.13 bits per heavy atom. The molecule has 0 aromatic heterocycles. The zero-order valence-electron chi connectivity index (χ0n) is 12.8. The molecule has 2 aliphatic heterocycles. The fourth-order valence-electron chi connectivity index (χ4n) is 3.42. The van der Waals surface area contributed by atoms with Crippen LogP contribution in [0.15, 0.2) is 24.3 Å². The molecule has 2 fully saturated rings. The van der Waals surface area contributed by atoms with Crippen molar-refractivity contribution < 1.29 is 22.7 Å². The van der Waals surface area contributed by atoms with Crippen molar-refractivity contribution in [2.24, 2.45) is 0 Å². The molecule has 2 aliphatic rings. The Hall–Kier alpha value is -1.76. The van der Waals surface area contributed by atoms with Crippen LogP contribution in [0.25, 0.3) is 0 Å². The summed E-state index contributed by atoms with van der Waals surface area (Å²) in [5.41, 5.74) is 0.706. The van der Waals surface area contributed by atoms with Crippen molar-refractivity contribution in [3.63, 3.8) is 0 Å². The number of amides is 1. The van der Waals surface area contributed by atoms with Gasteiger partial charge in [0.05, 0.1) is 6.04 Å². The lowest BCUT2D eigenvalue weighted by Gasteiger charge is -2.41. The van der Waals surface area contributed by atoms with E-state index in [1.54, 1.807) is 6.07 Å². The maximum absolute atomic E-state index is 12.4. The average molecular weight is 328 g/mol. The molecule has 0 N–H and O–H groups in total. The molecule has 126 valence electrons. The number of hydrogen-bond donors (Lipinski definition) is 0. The molecule has 1 amide bonds. The molecule has 0 saturated carbocycles. The van der Waals surface area contributed by atoms with Gasteiger partial charge in [-0.25, -0.2) is 0 Å². The van der Waals surface area contributed by atoms with Crippen LogP contribution in [0.1, 0.15) is 25.3 Å². The summed E-state index contributed by atoms with van der Waals surface area (Å²) in [5.74, 6) is -0.116. The molecule has 1 aromatic carbocycles. The fourth-order valence-corrected chi connectivity index (χ4v) is 3.42.